The Balaban J connectivity index is 2.79. The van der Waals surface area contributed by atoms with Crippen LogP contribution in [-0.2, 0) is 0 Å². The Morgan fingerprint density at radius 2 is 2.11 bits per heavy atom. The van der Waals surface area contributed by atoms with E-state index in [2.05, 4.69) is 25.8 Å². The van der Waals surface area contributed by atoms with Crippen molar-refractivity contribution in [1.82, 2.24) is 4.90 Å². The first-order valence-electron chi connectivity index (χ1n) is 3.15. The van der Waals surface area contributed by atoms with Crippen LogP contribution < -0.4 is 0 Å². The van der Waals surface area contributed by atoms with Crippen molar-refractivity contribution in [2.24, 2.45) is 0 Å². The second kappa shape index (κ2) is 2.22. The molecule has 0 aliphatic carbocycles. The lowest BCUT2D eigenvalue weighted by atomic mass is 10.2. The van der Waals surface area contributed by atoms with Crippen LogP contribution in [0, 0.1) is 0 Å². The zero-order valence-corrected chi connectivity index (χ0v) is 6.87. The van der Waals surface area contributed by atoms with Crippen molar-refractivity contribution in [2.45, 2.75) is 19.2 Å². The van der Waals surface area contributed by atoms with Gasteiger partial charge in [-0.25, -0.2) is 0 Å². The Morgan fingerprint density at radius 1 is 1.56 bits per heavy atom. The van der Waals surface area contributed by atoms with E-state index in [1.165, 1.54) is 11.3 Å². The van der Waals surface area contributed by atoms with Crippen LogP contribution >= 0.6 is 11.6 Å². The maximum Gasteiger partial charge on any atom is 0.0736 e. The topological polar surface area (TPSA) is 3.24 Å². The Bertz CT molecular complexity index is 135. The molecule has 1 aliphatic heterocycles. The van der Waals surface area contributed by atoms with Gasteiger partial charge in [-0.1, -0.05) is 0 Å². The molecule has 0 aromatic carbocycles. The largest absolute Gasteiger partial charge is 0.376 e. The lowest BCUT2D eigenvalue weighted by molar-refractivity contribution is 0.462. The zero-order valence-electron chi connectivity index (χ0n) is 6.11. The summed E-state index contributed by atoms with van der Waals surface area (Å²) in [4.78, 5) is 2.19. The third kappa shape index (κ3) is 1.06. The average molecular weight is 146 g/mol. The molecule has 1 rings (SSSR count). The van der Waals surface area contributed by atoms with E-state index >= 15 is 0 Å². The molecule has 1 unspecified atom stereocenters. The fraction of sp³-hybridized carbons (Fsp3) is 0.714. The summed E-state index contributed by atoms with van der Waals surface area (Å²) in [6.07, 6.45) is 0. The number of allylic oxidation sites excluding steroid dienone is 1. The smallest absolute Gasteiger partial charge is 0.0736 e. The van der Waals surface area contributed by atoms with Crippen LogP contribution in [0.5, 0.6) is 0 Å². The first-order valence-corrected chi connectivity index (χ1v) is 3.59. The third-order valence-corrected chi connectivity index (χ3v) is 2.51. The van der Waals surface area contributed by atoms with Crippen LogP contribution in [0.1, 0.15) is 13.8 Å². The number of rotatable bonds is 0. The summed E-state index contributed by atoms with van der Waals surface area (Å²) >= 11 is 5.95. The molecule has 0 bridgehead atoms. The third-order valence-electron chi connectivity index (χ3n) is 2.05. The average Bonchev–Trinajstić information content (AvgIpc) is 1.98. The molecule has 52 valence electrons. The minimum atomic E-state index is 0.245. The van der Waals surface area contributed by atoms with Crippen LogP contribution in [0.3, 0.4) is 0 Å². The summed E-state index contributed by atoms with van der Waals surface area (Å²) in [7, 11) is 2.07. The van der Waals surface area contributed by atoms with Gasteiger partial charge in [0.2, 0.25) is 0 Å². The quantitative estimate of drug-likeness (QED) is 0.470. The fourth-order valence-electron chi connectivity index (χ4n) is 1.04. The number of hydrogen-bond donors (Lipinski definition) is 0. The predicted octanol–water partition coefficient (Wildman–Crippen LogP) is 1.83. The summed E-state index contributed by atoms with van der Waals surface area (Å²) in [6.45, 7) is 5.17. The molecule has 0 saturated carbocycles. The summed E-state index contributed by atoms with van der Waals surface area (Å²) < 4.78 is 0. The molecule has 2 heteroatoms. The van der Waals surface area contributed by atoms with Crippen molar-refractivity contribution in [3.05, 3.63) is 11.3 Å². The van der Waals surface area contributed by atoms with Crippen LogP contribution in [0.4, 0.5) is 0 Å². The first kappa shape index (κ1) is 6.94. The van der Waals surface area contributed by atoms with E-state index < -0.39 is 0 Å². The lowest BCUT2D eigenvalue weighted by Gasteiger charge is -2.11. The molecule has 0 saturated heterocycles. The highest BCUT2D eigenvalue weighted by atomic mass is 35.5. The van der Waals surface area contributed by atoms with E-state index in [1.54, 1.807) is 0 Å². The normalized spacial score (nSPS) is 28.0. The predicted molar refractivity (Wildman–Crippen MR) is 40.6 cm³/mol. The molecule has 0 fully saturated rings. The minimum Gasteiger partial charge on any atom is -0.376 e. The summed E-state index contributed by atoms with van der Waals surface area (Å²) in [5.41, 5.74) is 2.65. The van der Waals surface area contributed by atoms with E-state index in [0.717, 1.165) is 6.54 Å². The van der Waals surface area contributed by atoms with Crippen molar-refractivity contribution in [1.29, 1.82) is 0 Å². The Labute approximate surface area is 61.3 Å². The van der Waals surface area contributed by atoms with Crippen molar-refractivity contribution >= 4 is 11.6 Å². The van der Waals surface area contributed by atoms with Crippen LogP contribution in [0.25, 0.3) is 0 Å². The van der Waals surface area contributed by atoms with Gasteiger partial charge in [0.1, 0.15) is 0 Å². The number of halogens is 1. The zero-order chi connectivity index (χ0) is 7.02. The molecule has 0 spiro atoms. The molecule has 0 aromatic heterocycles. The standard InChI is InChI=1S/C7H12ClN/c1-5-6(2)9(3)4-7(5)8/h7H,4H2,1-3H3. The highest BCUT2D eigenvalue weighted by Crippen LogP contribution is 2.24. The maximum atomic E-state index is 5.95. The number of nitrogens with zero attached hydrogens (tertiary/aromatic N) is 1. The molecule has 0 amide bonds. The summed E-state index contributed by atoms with van der Waals surface area (Å²) in [5.74, 6) is 0. The molecular weight excluding hydrogens is 134 g/mol. The first-order chi connectivity index (χ1) is 4.13. The Morgan fingerprint density at radius 3 is 2.22 bits per heavy atom. The van der Waals surface area contributed by atoms with Crippen molar-refractivity contribution < 1.29 is 0 Å². The minimum absolute atomic E-state index is 0.245. The second-order valence-corrected chi connectivity index (χ2v) is 3.14. The SMILES string of the molecule is CC1=C(C)N(C)CC1Cl. The van der Waals surface area contributed by atoms with Crippen LogP contribution in [0.2, 0.25) is 0 Å². The Kier molecular flexibility index (Phi) is 1.71. The van der Waals surface area contributed by atoms with Crippen molar-refractivity contribution in [3.63, 3.8) is 0 Å². The highest BCUT2D eigenvalue weighted by molar-refractivity contribution is 6.22. The van der Waals surface area contributed by atoms with Gasteiger partial charge >= 0.3 is 0 Å². The van der Waals surface area contributed by atoms with Gasteiger partial charge in [-0.05, 0) is 19.4 Å². The lowest BCUT2D eigenvalue weighted by Crippen LogP contribution is -2.15. The molecule has 0 aromatic rings. The van der Waals surface area contributed by atoms with E-state index in [1.807, 2.05) is 0 Å². The van der Waals surface area contributed by atoms with Gasteiger partial charge < -0.3 is 4.90 Å². The summed E-state index contributed by atoms with van der Waals surface area (Å²) in [6, 6.07) is 0. The molecular formula is C7H12ClN. The van der Waals surface area contributed by atoms with Gasteiger partial charge in [-0.2, -0.15) is 0 Å². The van der Waals surface area contributed by atoms with Gasteiger partial charge in [0, 0.05) is 19.3 Å². The van der Waals surface area contributed by atoms with Gasteiger partial charge in [0.25, 0.3) is 0 Å². The van der Waals surface area contributed by atoms with E-state index in [0.29, 0.717) is 0 Å². The second-order valence-electron chi connectivity index (χ2n) is 2.62. The van der Waals surface area contributed by atoms with E-state index in [4.69, 9.17) is 11.6 Å². The maximum absolute atomic E-state index is 5.95. The molecule has 1 heterocycles. The molecule has 9 heavy (non-hydrogen) atoms. The molecule has 0 radical (unpaired) electrons. The summed E-state index contributed by atoms with van der Waals surface area (Å²) in [5, 5.41) is 0.245. The van der Waals surface area contributed by atoms with Crippen molar-refractivity contribution in [2.75, 3.05) is 13.6 Å². The molecule has 1 atom stereocenters. The van der Waals surface area contributed by atoms with Gasteiger partial charge in [-0.3, -0.25) is 0 Å². The van der Waals surface area contributed by atoms with E-state index in [9.17, 15) is 0 Å². The fourth-order valence-corrected chi connectivity index (χ4v) is 1.41. The van der Waals surface area contributed by atoms with Gasteiger partial charge in [-0.15, -0.1) is 11.6 Å². The van der Waals surface area contributed by atoms with Crippen LogP contribution in [0.15, 0.2) is 11.3 Å². The Hall–Kier alpha value is -0.170. The molecule has 1 aliphatic rings. The molecule has 0 N–H and O–H groups in total. The van der Waals surface area contributed by atoms with Crippen molar-refractivity contribution in [3.8, 4) is 0 Å². The number of alkyl halides is 1. The monoisotopic (exact) mass is 145 g/mol. The number of hydrogen-bond acceptors (Lipinski definition) is 1. The molecule has 1 nitrogen and oxygen atoms in total. The van der Waals surface area contributed by atoms with Gasteiger partial charge in [0.15, 0.2) is 0 Å². The highest BCUT2D eigenvalue weighted by Gasteiger charge is 2.20. The van der Waals surface area contributed by atoms with Crippen LogP contribution in [-0.4, -0.2) is 23.9 Å². The van der Waals surface area contributed by atoms with Gasteiger partial charge in [0.05, 0.1) is 5.38 Å². The van der Waals surface area contributed by atoms with E-state index in [-0.39, 0.29) is 5.38 Å².